The van der Waals surface area contributed by atoms with Gasteiger partial charge in [0, 0.05) is 32.2 Å². The van der Waals surface area contributed by atoms with Crippen LogP contribution in [0.3, 0.4) is 0 Å². The Bertz CT molecular complexity index is 1130. The van der Waals surface area contributed by atoms with E-state index in [4.69, 9.17) is 11.6 Å². The van der Waals surface area contributed by atoms with Crippen molar-refractivity contribution in [3.8, 4) is 0 Å². The molecule has 0 bridgehead atoms. The fourth-order valence-corrected chi connectivity index (χ4v) is 4.76. The van der Waals surface area contributed by atoms with Crippen LogP contribution in [0.5, 0.6) is 0 Å². The van der Waals surface area contributed by atoms with Crippen molar-refractivity contribution in [2.45, 2.75) is 45.7 Å². The van der Waals surface area contributed by atoms with Crippen LogP contribution in [0.4, 0.5) is 10.1 Å². The molecule has 0 saturated carbocycles. The lowest BCUT2D eigenvalue weighted by molar-refractivity contribution is -0.140. The van der Waals surface area contributed by atoms with Crippen molar-refractivity contribution in [3.63, 3.8) is 0 Å². The molecule has 2 rings (SSSR count). The van der Waals surface area contributed by atoms with Gasteiger partial charge in [-0.25, -0.2) is 8.70 Å². The highest BCUT2D eigenvalue weighted by molar-refractivity contribution is 7.90. The number of benzene rings is 2. The van der Waals surface area contributed by atoms with Gasteiger partial charge < -0.3 is 10.2 Å². The molecule has 0 aliphatic carbocycles. The maximum absolute atomic E-state index is 14.7. The summed E-state index contributed by atoms with van der Waals surface area (Å²) in [4.78, 5) is 28.1. The summed E-state index contributed by atoms with van der Waals surface area (Å²) < 4.78 is 42.5. The molecule has 0 aliphatic rings. The van der Waals surface area contributed by atoms with Crippen LogP contribution in [0.1, 0.15) is 38.7 Å². The van der Waals surface area contributed by atoms with Gasteiger partial charge in [0.25, 0.3) is 0 Å². The molecule has 0 aromatic heterocycles. The Balaban J connectivity index is 2.47. The molecule has 8 nitrogen and oxygen atoms in total. The number of para-hydroxylation sites is 1. The van der Waals surface area contributed by atoms with Crippen molar-refractivity contribution >= 4 is 39.3 Å². The number of carbonyl (C=O) groups excluding carboxylic acids is 2. The van der Waals surface area contributed by atoms with E-state index in [-0.39, 0.29) is 18.1 Å². The number of rotatable bonds is 13. The number of nitrogens with zero attached hydrogens (tertiary/aromatic N) is 3. The van der Waals surface area contributed by atoms with Crippen LogP contribution in [-0.4, -0.2) is 62.7 Å². The average molecular weight is 541 g/mol. The van der Waals surface area contributed by atoms with Gasteiger partial charge in [-0.15, -0.1) is 0 Å². The molecule has 2 amide bonds. The number of unbranched alkanes of at least 4 members (excludes halogenated alkanes) is 1. The Morgan fingerprint density at radius 2 is 1.69 bits per heavy atom. The second-order valence-electron chi connectivity index (χ2n) is 8.46. The topological polar surface area (TPSA) is 90.0 Å². The third-order valence-electron chi connectivity index (χ3n) is 5.62. The maximum Gasteiger partial charge on any atom is 0.304 e. The second kappa shape index (κ2) is 13.6. The molecular formula is C25H34ClFN4O4S. The monoisotopic (exact) mass is 540 g/mol. The molecule has 0 saturated heterocycles. The van der Waals surface area contributed by atoms with Gasteiger partial charge in [0.05, 0.1) is 5.69 Å². The zero-order valence-corrected chi connectivity index (χ0v) is 22.7. The van der Waals surface area contributed by atoms with Gasteiger partial charge in [-0.3, -0.25) is 9.59 Å². The molecule has 198 valence electrons. The molecule has 0 radical (unpaired) electrons. The molecule has 2 aromatic carbocycles. The summed E-state index contributed by atoms with van der Waals surface area (Å²) in [5.41, 5.74) is 0.451. The Hall–Kier alpha value is -2.69. The lowest BCUT2D eigenvalue weighted by Crippen LogP contribution is -2.53. The maximum atomic E-state index is 14.7. The number of halogens is 2. The Morgan fingerprint density at radius 3 is 2.25 bits per heavy atom. The number of nitrogens with one attached hydrogen (secondary N) is 1. The minimum Gasteiger partial charge on any atom is -0.354 e. The molecule has 1 atom stereocenters. The number of hydrogen-bond acceptors (Lipinski definition) is 4. The van der Waals surface area contributed by atoms with Crippen LogP contribution < -0.4 is 9.62 Å². The first kappa shape index (κ1) is 29.5. The van der Waals surface area contributed by atoms with E-state index in [1.807, 2.05) is 6.92 Å². The highest BCUT2D eigenvalue weighted by atomic mass is 35.5. The summed E-state index contributed by atoms with van der Waals surface area (Å²) in [5, 5.41) is 3.37. The summed E-state index contributed by atoms with van der Waals surface area (Å²) in [6.07, 6.45) is 1.98. The number of amides is 2. The summed E-state index contributed by atoms with van der Waals surface area (Å²) >= 11 is 6.00. The molecular weight excluding hydrogens is 507 g/mol. The van der Waals surface area contributed by atoms with Crippen LogP contribution in [-0.2, 0) is 26.3 Å². The van der Waals surface area contributed by atoms with Gasteiger partial charge in [0.1, 0.15) is 18.4 Å². The molecule has 0 heterocycles. The minimum absolute atomic E-state index is 0.0445. The Labute approximate surface area is 218 Å². The molecule has 0 fully saturated rings. The van der Waals surface area contributed by atoms with E-state index < -0.39 is 34.5 Å². The summed E-state index contributed by atoms with van der Waals surface area (Å²) in [5.74, 6) is -1.76. The van der Waals surface area contributed by atoms with E-state index in [0.717, 1.165) is 27.5 Å². The van der Waals surface area contributed by atoms with Crippen molar-refractivity contribution in [2.75, 3.05) is 31.5 Å². The molecule has 0 unspecified atom stereocenters. The third-order valence-corrected chi connectivity index (χ3v) is 7.68. The number of carbonyl (C=O) groups is 2. The first-order chi connectivity index (χ1) is 17.0. The van der Waals surface area contributed by atoms with Crippen LogP contribution in [0, 0.1) is 5.82 Å². The van der Waals surface area contributed by atoms with Crippen LogP contribution in [0.25, 0.3) is 0 Å². The molecule has 0 spiro atoms. The van der Waals surface area contributed by atoms with Crippen molar-refractivity contribution < 1.29 is 22.4 Å². The van der Waals surface area contributed by atoms with Gasteiger partial charge in [-0.2, -0.15) is 12.7 Å². The third kappa shape index (κ3) is 7.65. The fraction of sp³-hybridized carbons (Fsp3) is 0.440. The van der Waals surface area contributed by atoms with Gasteiger partial charge in [0.2, 0.25) is 11.8 Å². The van der Waals surface area contributed by atoms with E-state index in [2.05, 4.69) is 5.32 Å². The second-order valence-corrected chi connectivity index (χ2v) is 11.0. The highest BCUT2D eigenvalue weighted by Gasteiger charge is 2.34. The molecule has 1 N–H and O–H groups in total. The zero-order valence-electron chi connectivity index (χ0n) is 21.1. The SMILES string of the molecule is CCCCNC(=O)[C@H](CC)N(Cc1ccc(Cl)cc1)C(=O)CN(c1ccccc1F)S(=O)(=O)N(C)C. The largest absolute Gasteiger partial charge is 0.354 e. The van der Waals surface area contributed by atoms with Gasteiger partial charge in [-0.05, 0) is 42.7 Å². The highest BCUT2D eigenvalue weighted by Crippen LogP contribution is 2.24. The van der Waals surface area contributed by atoms with Crippen LogP contribution in [0.2, 0.25) is 5.02 Å². The molecule has 2 aromatic rings. The quantitative estimate of drug-likeness (QED) is 0.391. The number of hydrogen-bond donors (Lipinski definition) is 1. The van der Waals surface area contributed by atoms with E-state index in [1.54, 1.807) is 31.2 Å². The lowest BCUT2D eigenvalue weighted by atomic mass is 10.1. The first-order valence-corrected chi connectivity index (χ1v) is 13.6. The first-order valence-electron chi connectivity index (χ1n) is 11.8. The average Bonchev–Trinajstić information content (AvgIpc) is 2.84. The van der Waals surface area contributed by atoms with E-state index >= 15 is 0 Å². The number of anilines is 1. The fourth-order valence-electron chi connectivity index (χ4n) is 3.57. The molecule has 36 heavy (non-hydrogen) atoms. The lowest BCUT2D eigenvalue weighted by Gasteiger charge is -2.34. The zero-order chi connectivity index (χ0) is 26.9. The van der Waals surface area contributed by atoms with E-state index in [1.165, 1.54) is 37.2 Å². The predicted molar refractivity (Wildman–Crippen MR) is 140 cm³/mol. The van der Waals surface area contributed by atoms with Crippen molar-refractivity contribution in [3.05, 3.63) is 64.9 Å². The predicted octanol–water partition coefficient (Wildman–Crippen LogP) is 3.82. The van der Waals surface area contributed by atoms with E-state index in [9.17, 15) is 22.4 Å². The van der Waals surface area contributed by atoms with Crippen LogP contribution in [0.15, 0.2) is 48.5 Å². The Kier molecular flexibility index (Phi) is 11.1. The van der Waals surface area contributed by atoms with Crippen LogP contribution >= 0.6 is 11.6 Å². The van der Waals surface area contributed by atoms with Crippen molar-refractivity contribution in [2.24, 2.45) is 0 Å². The van der Waals surface area contributed by atoms with Crippen molar-refractivity contribution in [1.29, 1.82) is 0 Å². The summed E-state index contributed by atoms with van der Waals surface area (Å²) in [6, 6.07) is 11.3. The summed E-state index contributed by atoms with van der Waals surface area (Å²) in [6.45, 7) is 3.60. The van der Waals surface area contributed by atoms with Crippen molar-refractivity contribution in [1.82, 2.24) is 14.5 Å². The summed E-state index contributed by atoms with van der Waals surface area (Å²) in [7, 11) is -1.63. The van der Waals surface area contributed by atoms with Gasteiger partial charge in [0.15, 0.2) is 0 Å². The molecule has 0 aliphatic heterocycles. The van der Waals surface area contributed by atoms with Gasteiger partial charge in [-0.1, -0.05) is 56.1 Å². The normalized spacial score (nSPS) is 12.3. The Morgan fingerprint density at radius 1 is 1.06 bits per heavy atom. The standard InChI is InChI=1S/C25H34ClFN4O4S/c1-5-7-16-28-25(33)22(6-2)30(17-19-12-14-20(26)15-13-19)24(32)18-31(36(34,35)29(3)4)23-11-9-8-10-21(23)27/h8-15,22H,5-7,16-18H2,1-4H3,(H,28,33)/t22-/m0/s1. The van der Waals surface area contributed by atoms with E-state index in [0.29, 0.717) is 23.6 Å². The smallest absolute Gasteiger partial charge is 0.304 e. The van der Waals surface area contributed by atoms with Gasteiger partial charge >= 0.3 is 10.2 Å². The minimum atomic E-state index is -4.23. The molecule has 11 heteroatoms.